The maximum Gasteiger partial charge on any atom is 0.472 e. The standard InChI is InChI=1S/C17H26NO6P/c1-21-14-17-7-5-6-16(17)24-15(12-17)13-23-25(19,20)22-11-10-18-8-3-2-4-9-18/h2-4,8-9,15-16H,5-7,10-14H2,1H3/p+1/t15-,16-,17-/m0/s1. The molecule has 0 radical (unpaired) electrons. The van der Waals surface area contributed by atoms with Crippen LogP contribution in [0.5, 0.6) is 0 Å². The normalized spacial score (nSPS) is 31.0. The van der Waals surface area contributed by atoms with E-state index in [0.717, 1.165) is 25.7 Å². The lowest BCUT2D eigenvalue weighted by Crippen LogP contribution is -2.34. The minimum absolute atomic E-state index is 0.0347. The van der Waals surface area contributed by atoms with Crippen LogP contribution in [0.15, 0.2) is 30.6 Å². The summed E-state index contributed by atoms with van der Waals surface area (Å²) in [5, 5.41) is 0. The Morgan fingerprint density at radius 2 is 2.12 bits per heavy atom. The van der Waals surface area contributed by atoms with Crippen molar-refractivity contribution in [1.29, 1.82) is 0 Å². The molecule has 1 saturated heterocycles. The van der Waals surface area contributed by atoms with Gasteiger partial charge in [0.05, 0.1) is 25.4 Å². The lowest BCUT2D eigenvalue weighted by Gasteiger charge is -2.26. The van der Waals surface area contributed by atoms with E-state index in [4.69, 9.17) is 18.5 Å². The van der Waals surface area contributed by atoms with Crippen molar-refractivity contribution in [2.45, 2.75) is 44.4 Å². The van der Waals surface area contributed by atoms with Gasteiger partial charge in [-0.3, -0.25) is 9.05 Å². The van der Waals surface area contributed by atoms with Crippen molar-refractivity contribution in [1.82, 2.24) is 0 Å². The molecule has 2 heterocycles. The summed E-state index contributed by atoms with van der Waals surface area (Å²) in [6.07, 6.45) is 7.74. The van der Waals surface area contributed by atoms with Gasteiger partial charge in [0.25, 0.3) is 0 Å². The molecule has 140 valence electrons. The first-order chi connectivity index (χ1) is 12.0. The van der Waals surface area contributed by atoms with E-state index in [9.17, 15) is 9.46 Å². The van der Waals surface area contributed by atoms with Crippen molar-refractivity contribution in [2.24, 2.45) is 5.41 Å². The van der Waals surface area contributed by atoms with Gasteiger partial charge in [0, 0.05) is 24.7 Å². The molecule has 7 nitrogen and oxygen atoms in total. The number of phosphoric ester groups is 1. The van der Waals surface area contributed by atoms with Crippen LogP contribution in [0.25, 0.3) is 0 Å². The van der Waals surface area contributed by atoms with Gasteiger partial charge in [-0.25, -0.2) is 9.13 Å². The molecule has 8 heteroatoms. The molecule has 2 aliphatic rings. The van der Waals surface area contributed by atoms with E-state index in [2.05, 4.69) is 0 Å². The summed E-state index contributed by atoms with van der Waals surface area (Å²) in [5.74, 6) is 0. The highest BCUT2D eigenvalue weighted by Gasteiger charge is 2.51. The van der Waals surface area contributed by atoms with Gasteiger partial charge < -0.3 is 14.4 Å². The molecular weight excluding hydrogens is 345 g/mol. The molecule has 0 amide bonds. The number of rotatable bonds is 9. The molecule has 1 aliphatic carbocycles. The molecule has 1 saturated carbocycles. The third-order valence-electron chi connectivity index (χ3n) is 5.05. The molecule has 4 atom stereocenters. The molecule has 0 aromatic carbocycles. The second-order valence-corrected chi connectivity index (χ2v) is 8.30. The summed E-state index contributed by atoms with van der Waals surface area (Å²) in [4.78, 5) is 9.84. The molecule has 2 fully saturated rings. The lowest BCUT2D eigenvalue weighted by atomic mass is 9.82. The summed E-state index contributed by atoms with van der Waals surface area (Å²) in [5.41, 5.74) is 0.0347. The van der Waals surface area contributed by atoms with Crippen LogP contribution in [0.4, 0.5) is 0 Å². The summed E-state index contributed by atoms with van der Waals surface area (Å²) in [7, 11) is -2.37. The number of hydrogen-bond donors (Lipinski definition) is 1. The summed E-state index contributed by atoms with van der Waals surface area (Å²) in [6.45, 7) is 1.31. The predicted octanol–water partition coefficient (Wildman–Crippen LogP) is 2.08. The molecule has 0 bridgehead atoms. The quantitative estimate of drug-likeness (QED) is 0.528. The highest BCUT2D eigenvalue weighted by Crippen LogP contribution is 2.51. The van der Waals surface area contributed by atoms with Gasteiger partial charge in [0.1, 0.15) is 6.61 Å². The van der Waals surface area contributed by atoms with E-state index in [1.165, 1.54) is 0 Å². The fourth-order valence-corrected chi connectivity index (χ4v) is 4.70. The van der Waals surface area contributed by atoms with Gasteiger partial charge in [-0.05, 0) is 19.3 Å². The summed E-state index contributed by atoms with van der Waals surface area (Å²) >= 11 is 0. The average Bonchev–Trinajstić information content (AvgIpc) is 3.11. The van der Waals surface area contributed by atoms with E-state index in [1.54, 1.807) is 7.11 Å². The third-order valence-corrected chi connectivity index (χ3v) is 6.04. The first-order valence-corrected chi connectivity index (χ1v) is 10.2. The monoisotopic (exact) mass is 372 g/mol. The van der Waals surface area contributed by atoms with Gasteiger partial charge in [-0.15, -0.1) is 0 Å². The van der Waals surface area contributed by atoms with Crippen molar-refractivity contribution in [3.8, 4) is 0 Å². The Labute approximate surface area is 148 Å². The van der Waals surface area contributed by atoms with E-state index < -0.39 is 7.82 Å². The Kier molecular flexibility index (Phi) is 6.25. The van der Waals surface area contributed by atoms with Crippen LogP contribution < -0.4 is 4.57 Å². The zero-order chi connectivity index (χ0) is 17.8. The number of methoxy groups -OCH3 is 1. The fraction of sp³-hybridized carbons (Fsp3) is 0.706. The van der Waals surface area contributed by atoms with E-state index in [1.807, 2.05) is 35.2 Å². The maximum absolute atomic E-state index is 12.0. The average molecular weight is 372 g/mol. The van der Waals surface area contributed by atoms with Crippen LogP contribution in [0, 0.1) is 5.41 Å². The molecule has 1 unspecified atom stereocenters. The molecule has 1 aromatic rings. The number of hydrogen-bond acceptors (Lipinski definition) is 5. The molecule has 1 N–H and O–H groups in total. The Morgan fingerprint density at radius 1 is 1.32 bits per heavy atom. The molecule has 0 spiro atoms. The zero-order valence-electron chi connectivity index (χ0n) is 14.6. The van der Waals surface area contributed by atoms with Crippen LogP contribution in [-0.4, -0.2) is 44.0 Å². The Hall–Kier alpha value is -0.820. The fourth-order valence-electron chi connectivity index (χ4n) is 3.96. The summed E-state index contributed by atoms with van der Waals surface area (Å²) < 4.78 is 35.5. The second-order valence-electron chi connectivity index (χ2n) is 6.85. The minimum Gasteiger partial charge on any atom is -0.384 e. The van der Waals surface area contributed by atoms with Gasteiger partial charge in [0.15, 0.2) is 18.9 Å². The highest BCUT2D eigenvalue weighted by atomic mass is 31.2. The molecule has 3 rings (SSSR count). The maximum atomic E-state index is 12.0. The first kappa shape index (κ1) is 19.0. The number of nitrogens with zero attached hydrogens (tertiary/aromatic N) is 1. The van der Waals surface area contributed by atoms with Crippen molar-refractivity contribution >= 4 is 7.82 Å². The largest absolute Gasteiger partial charge is 0.472 e. The Balaban J connectivity index is 1.42. The Morgan fingerprint density at radius 3 is 2.88 bits per heavy atom. The molecule has 1 aromatic heterocycles. The number of aromatic nitrogens is 1. The smallest absolute Gasteiger partial charge is 0.384 e. The van der Waals surface area contributed by atoms with Crippen LogP contribution in [0.3, 0.4) is 0 Å². The molecule has 25 heavy (non-hydrogen) atoms. The predicted molar refractivity (Wildman–Crippen MR) is 89.8 cm³/mol. The van der Waals surface area contributed by atoms with Crippen LogP contribution in [-0.2, 0) is 29.6 Å². The summed E-state index contributed by atoms with van der Waals surface area (Å²) in [6, 6.07) is 5.68. The van der Waals surface area contributed by atoms with Crippen LogP contribution >= 0.6 is 7.82 Å². The zero-order valence-corrected chi connectivity index (χ0v) is 15.5. The Bertz CT molecular complexity index is 600. The van der Waals surface area contributed by atoms with Crippen LogP contribution in [0.2, 0.25) is 0 Å². The second kappa shape index (κ2) is 8.25. The van der Waals surface area contributed by atoms with Crippen molar-refractivity contribution in [2.75, 3.05) is 26.9 Å². The van der Waals surface area contributed by atoms with Gasteiger partial charge in [-0.1, -0.05) is 12.5 Å². The molecule has 1 aliphatic heterocycles. The van der Waals surface area contributed by atoms with Crippen molar-refractivity contribution in [3.63, 3.8) is 0 Å². The number of ether oxygens (including phenoxy) is 2. The number of pyridine rings is 1. The minimum atomic E-state index is -4.07. The van der Waals surface area contributed by atoms with Crippen LogP contribution in [0.1, 0.15) is 25.7 Å². The lowest BCUT2D eigenvalue weighted by molar-refractivity contribution is -0.697. The number of fused-ring (bicyclic) bond motifs is 1. The van der Waals surface area contributed by atoms with E-state index in [-0.39, 0.29) is 30.8 Å². The van der Waals surface area contributed by atoms with Crippen molar-refractivity contribution in [3.05, 3.63) is 30.6 Å². The van der Waals surface area contributed by atoms with Crippen molar-refractivity contribution < 1.29 is 32.5 Å². The topological polar surface area (TPSA) is 78.1 Å². The highest BCUT2D eigenvalue weighted by molar-refractivity contribution is 7.47. The SMILES string of the molecule is COC[C@@]12CCC[C@@H]1O[C@H](COP(=O)(O)OCC[n+]1ccccc1)C2. The third kappa shape index (κ3) is 4.88. The number of phosphoric acid groups is 1. The van der Waals surface area contributed by atoms with E-state index >= 15 is 0 Å². The van der Waals surface area contributed by atoms with Gasteiger partial charge in [0.2, 0.25) is 0 Å². The van der Waals surface area contributed by atoms with Gasteiger partial charge in [-0.2, -0.15) is 0 Å². The van der Waals surface area contributed by atoms with Gasteiger partial charge >= 0.3 is 7.82 Å². The van der Waals surface area contributed by atoms with E-state index in [0.29, 0.717) is 13.2 Å². The first-order valence-electron chi connectivity index (χ1n) is 8.73. The molecular formula is C17H27NO6P+.